The van der Waals surface area contributed by atoms with E-state index in [0.29, 0.717) is 11.6 Å². The van der Waals surface area contributed by atoms with Crippen molar-refractivity contribution in [3.05, 3.63) is 75.9 Å². The van der Waals surface area contributed by atoms with Crippen molar-refractivity contribution in [2.75, 3.05) is 0 Å². The van der Waals surface area contributed by atoms with Gasteiger partial charge in [-0.1, -0.05) is 25.1 Å². The summed E-state index contributed by atoms with van der Waals surface area (Å²) in [5.74, 6) is 0. The second kappa shape index (κ2) is 7.62. The van der Waals surface area contributed by atoms with E-state index < -0.39 is 0 Å². The molecule has 0 aliphatic heterocycles. The third-order valence-corrected chi connectivity index (χ3v) is 4.72. The minimum Gasteiger partial charge on any atom is -0.423 e. The highest BCUT2D eigenvalue weighted by Gasteiger charge is 2.14. The summed E-state index contributed by atoms with van der Waals surface area (Å²) < 4.78 is 5.39. The maximum atomic E-state index is 11.6. The van der Waals surface area contributed by atoms with Gasteiger partial charge in [0.05, 0.1) is 0 Å². The van der Waals surface area contributed by atoms with E-state index in [1.807, 2.05) is 31.3 Å². The summed E-state index contributed by atoms with van der Waals surface area (Å²) in [6.45, 7) is 8.02. The molecular weight excluding hydrogens is 312 g/mol. The van der Waals surface area contributed by atoms with Crippen LogP contribution in [0.3, 0.4) is 0 Å². The monoisotopic (exact) mass is 336 g/mol. The molecule has 0 amide bonds. The van der Waals surface area contributed by atoms with E-state index in [1.54, 1.807) is 6.20 Å². The van der Waals surface area contributed by atoms with Gasteiger partial charge in [0.25, 0.3) is 0 Å². The third kappa shape index (κ3) is 4.15. The number of hydrogen-bond donors (Lipinski definition) is 0. The van der Waals surface area contributed by atoms with E-state index in [0.717, 1.165) is 36.0 Å². The third-order valence-electron chi connectivity index (χ3n) is 4.72. The standard InChI is InChI=1S/C21H24N2O2/c1-4-16(3)23(14-18-6-5-9-22-12-18)13-17-7-8-19-15(2)10-21(24)25-20(19)11-17/h5-12,16H,4,13-14H2,1-3H3. The Morgan fingerprint density at radius 2 is 1.96 bits per heavy atom. The zero-order chi connectivity index (χ0) is 17.8. The molecular formula is C21H24N2O2. The van der Waals surface area contributed by atoms with Crippen LogP contribution in [0.1, 0.15) is 37.0 Å². The molecule has 4 nitrogen and oxygen atoms in total. The first-order valence-corrected chi connectivity index (χ1v) is 8.73. The molecule has 2 heterocycles. The number of pyridine rings is 1. The van der Waals surface area contributed by atoms with Crippen LogP contribution in [0, 0.1) is 6.92 Å². The van der Waals surface area contributed by atoms with E-state index in [4.69, 9.17) is 4.42 Å². The first-order valence-electron chi connectivity index (χ1n) is 8.73. The van der Waals surface area contributed by atoms with Crippen LogP contribution in [-0.4, -0.2) is 15.9 Å². The molecule has 0 spiro atoms. The van der Waals surface area contributed by atoms with Crippen LogP contribution in [0.4, 0.5) is 0 Å². The summed E-state index contributed by atoms with van der Waals surface area (Å²) in [6.07, 6.45) is 4.78. The van der Waals surface area contributed by atoms with Gasteiger partial charge in [-0.3, -0.25) is 9.88 Å². The van der Waals surface area contributed by atoms with Crippen molar-refractivity contribution >= 4 is 11.0 Å². The summed E-state index contributed by atoms with van der Waals surface area (Å²) in [5, 5.41) is 0.991. The highest BCUT2D eigenvalue weighted by atomic mass is 16.4. The Hall–Kier alpha value is -2.46. The second-order valence-electron chi connectivity index (χ2n) is 6.60. The van der Waals surface area contributed by atoms with Crippen molar-refractivity contribution in [3.8, 4) is 0 Å². The van der Waals surface area contributed by atoms with Gasteiger partial charge in [-0.15, -0.1) is 0 Å². The lowest BCUT2D eigenvalue weighted by atomic mass is 10.1. The van der Waals surface area contributed by atoms with Gasteiger partial charge in [-0.25, -0.2) is 4.79 Å². The molecule has 0 saturated heterocycles. The van der Waals surface area contributed by atoms with E-state index in [1.165, 1.54) is 11.6 Å². The van der Waals surface area contributed by atoms with Crippen molar-refractivity contribution in [2.45, 2.75) is 46.3 Å². The van der Waals surface area contributed by atoms with Gasteiger partial charge in [0.1, 0.15) is 5.58 Å². The van der Waals surface area contributed by atoms with Crippen LogP contribution in [0.25, 0.3) is 11.0 Å². The highest BCUT2D eigenvalue weighted by Crippen LogP contribution is 2.21. The molecule has 25 heavy (non-hydrogen) atoms. The maximum Gasteiger partial charge on any atom is 0.336 e. The molecule has 0 aliphatic carbocycles. The number of benzene rings is 1. The minimum absolute atomic E-state index is 0.295. The fourth-order valence-corrected chi connectivity index (χ4v) is 3.05. The van der Waals surface area contributed by atoms with Gasteiger partial charge in [0.2, 0.25) is 0 Å². The Morgan fingerprint density at radius 1 is 1.16 bits per heavy atom. The summed E-state index contributed by atoms with van der Waals surface area (Å²) in [7, 11) is 0. The Morgan fingerprint density at radius 3 is 2.68 bits per heavy atom. The molecule has 0 radical (unpaired) electrons. The first kappa shape index (κ1) is 17.4. The van der Waals surface area contributed by atoms with E-state index >= 15 is 0 Å². The molecule has 1 atom stereocenters. The van der Waals surface area contributed by atoms with Crippen molar-refractivity contribution in [3.63, 3.8) is 0 Å². The van der Waals surface area contributed by atoms with Gasteiger partial charge in [-0.2, -0.15) is 0 Å². The molecule has 3 aromatic rings. The van der Waals surface area contributed by atoms with Gasteiger partial charge in [0, 0.05) is 43.0 Å². The lowest BCUT2D eigenvalue weighted by Crippen LogP contribution is -2.31. The SMILES string of the molecule is CCC(C)N(Cc1cccnc1)Cc1ccc2c(C)cc(=O)oc2c1. The highest BCUT2D eigenvalue weighted by molar-refractivity contribution is 5.80. The van der Waals surface area contributed by atoms with Crippen LogP contribution in [0.2, 0.25) is 0 Å². The van der Waals surface area contributed by atoms with Gasteiger partial charge < -0.3 is 4.42 Å². The molecule has 3 rings (SSSR count). The molecule has 4 heteroatoms. The lowest BCUT2D eigenvalue weighted by molar-refractivity contribution is 0.186. The van der Waals surface area contributed by atoms with Crippen LogP contribution in [-0.2, 0) is 13.1 Å². The average molecular weight is 336 g/mol. The van der Waals surface area contributed by atoms with Gasteiger partial charge in [0.15, 0.2) is 0 Å². The summed E-state index contributed by atoms with van der Waals surface area (Å²) in [6, 6.07) is 12.2. The van der Waals surface area contributed by atoms with Crippen LogP contribution >= 0.6 is 0 Å². The Bertz CT molecular complexity index is 903. The Balaban J connectivity index is 1.88. The second-order valence-corrected chi connectivity index (χ2v) is 6.60. The van der Waals surface area contributed by atoms with E-state index in [2.05, 4.69) is 35.9 Å². The lowest BCUT2D eigenvalue weighted by Gasteiger charge is -2.28. The van der Waals surface area contributed by atoms with Crippen molar-refractivity contribution in [1.29, 1.82) is 0 Å². The van der Waals surface area contributed by atoms with E-state index in [9.17, 15) is 4.79 Å². The van der Waals surface area contributed by atoms with Crippen LogP contribution in [0.5, 0.6) is 0 Å². The molecule has 0 aliphatic rings. The molecule has 0 fully saturated rings. The molecule has 1 unspecified atom stereocenters. The van der Waals surface area contributed by atoms with Crippen LogP contribution < -0.4 is 5.63 Å². The molecule has 0 bridgehead atoms. The smallest absolute Gasteiger partial charge is 0.336 e. The summed E-state index contributed by atoms with van der Waals surface area (Å²) in [5.41, 5.74) is 3.66. The predicted octanol–water partition coefficient (Wildman–Crippen LogP) is 4.30. The Kier molecular flexibility index (Phi) is 5.29. The summed E-state index contributed by atoms with van der Waals surface area (Å²) >= 11 is 0. The first-order chi connectivity index (χ1) is 12.1. The quantitative estimate of drug-likeness (QED) is 0.630. The number of aromatic nitrogens is 1. The average Bonchev–Trinajstić information content (AvgIpc) is 2.61. The number of hydrogen-bond acceptors (Lipinski definition) is 4. The normalized spacial score (nSPS) is 12.6. The van der Waals surface area contributed by atoms with Crippen molar-refractivity contribution < 1.29 is 4.42 Å². The minimum atomic E-state index is -0.295. The fraction of sp³-hybridized carbons (Fsp3) is 0.333. The molecule has 1 aromatic carbocycles. The molecule has 2 aromatic heterocycles. The molecule has 130 valence electrons. The maximum absolute atomic E-state index is 11.6. The fourth-order valence-electron chi connectivity index (χ4n) is 3.05. The van der Waals surface area contributed by atoms with E-state index in [-0.39, 0.29) is 5.63 Å². The molecule has 0 N–H and O–H groups in total. The number of aryl methyl sites for hydroxylation is 1. The largest absolute Gasteiger partial charge is 0.423 e. The zero-order valence-electron chi connectivity index (χ0n) is 15.0. The number of rotatable bonds is 6. The summed E-state index contributed by atoms with van der Waals surface area (Å²) in [4.78, 5) is 18.3. The van der Waals surface area contributed by atoms with Gasteiger partial charge in [-0.05, 0) is 49.1 Å². The zero-order valence-corrected chi connectivity index (χ0v) is 15.0. The van der Waals surface area contributed by atoms with Crippen molar-refractivity contribution in [1.82, 2.24) is 9.88 Å². The molecule has 0 saturated carbocycles. The Labute approximate surface area is 148 Å². The van der Waals surface area contributed by atoms with Gasteiger partial charge >= 0.3 is 5.63 Å². The topological polar surface area (TPSA) is 46.3 Å². The van der Waals surface area contributed by atoms with Crippen molar-refractivity contribution in [2.24, 2.45) is 0 Å². The number of fused-ring (bicyclic) bond motifs is 1. The predicted molar refractivity (Wildman–Crippen MR) is 100 cm³/mol. The van der Waals surface area contributed by atoms with Crippen LogP contribution in [0.15, 0.2) is 58.0 Å². The number of nitrogens with zero attached hydrogens (tertiary/aromatic N) is 2.